The van der Waals surface area contributed by atoms with Gasteiger partial charge in [0.25, 0.3) is 6.04 Å². The first-order valence-corrected chi connectivity index (χ1v) is 4.88. The Bertz CT molecular complexity index is 298. The standard InChI is InChI=1S/C8H8BrNS/c1-5-4-7(9)8(11-5)6(2)10-3/h4,6H,1-2H3. The molecule has 0 amide bonds. The third kappa shape index (κ3) is 1.82. The Morgan fingerprint density at radius 2 is 2.36 bits per heavy atom. The first kappa shape index (κ1) is 8.76. The van der Waals surface area contributed by atoms with Crippen molar-refractivity contribution >= 4 is 27.3 Å². The number of nitrogens with zero attached hydrogens (tertiary/aromatic N) is 1. The van der Waals surface area contributed by atoms with E-state index in [2.05, 4.69) is 33.8 Å². The number of aryl methyl sites for hydroxylation is 1. The van der Waals surface area contributed by atoms with Crippen molar-refractivity contribution in [2.24, 2.45) is 0 Å². The number of hydrogen-bond acceptors (Lipinski definition) is 1. The van der Waals surface area contributed by atoms with Gasteiger partial charge in [-0.3, -0.25) is 0 Å². The predicted octanol–water partition coefficient (Wildman–Crippen LogP) is 3.80. The van der Waals surface area contributed by atoms with Gasteiger partial charge in [0.15, 0.2) is 0 Å². The molecule has 0 bridgehead atoms. The van der Waals surface area contributed by atoms with Crippen molar-refractivity contribution in [1.29, 1.82) is 0 Å². The molecule has 1 rings (SSSR count). The van der Waals surface area contributed by atoms with Gasteiger partial charge in [-0.05, 0) is 28.9 Å². The molecule has 1 unspecified atom stereocenters. The minimum atomic E-state index is -0.0110. The van der Waals surface area contributed by atoms with E-state index in [1.54, 1.807) is 11.3 Å². The Labute approximate surface area is 79.0 Å². The lowest BCUT2D eigenvalue weighted by atomic mass is 10.3. The van der Waals surface area contributed by atoms with E-state index in [0.717, 1.165) is 9.35 Å². The number of rotatable bonds is 1. The van der Waals surface area contributed by atoms with Gasteiger partial charge in [0.1, 0.15) is 4.88 Å². The highest BCUT2D eigenvalue weighted by atomic mass is 79.9. The normalized spacial score (nSPS) is 12.5. The monoisotopic (exact) mass is 229 g/mol. The summed E-state index contributed by atoms with van der Waals surface area (Å²) in [4.78, 5) is 5.85. The van der Waals surface area contributed by atoms with Crippen LogP contribution in [0.25, 0.3) is 4.85 Å². The summed E-state index contributed by atoms with van der Waals surface area (Å²) in [6.45, 7) is 10.8. The molecule has 1 atom stereocenters. The highest BCUT2D eigenvalue weighted by molar-refractivity contribution is 9.10. The van der Waals surface area contributed by atoms with E-state index in [1.165, 1.54) is 4.88 Å². The van der Waals surface area contributed by atoms with Crippen molar-refractivity contribution in [3.8, 4) is 0 Å². The fourth-order valence-electron chi connectivity index (χ4n) is 0.845. The first-order chi connectivity index (χ1) is 5.15. The van der Waals surface area contributed by atoms with Crippen LogP contribution in [0.3, 0.4) is 0 Å². The second-order valence-corrected chi connectivity index (χ2v) is 4.52. The van der Waals surface area contributed by atoms with Gasteiger partial charge in [-0.15, -0.1) is 11.3 Å². The molecule has 3 heteroatoms. The van der Waals surface area contributed by atoms with Crippen molar-refractivity contribution in [3.63, 3.8) is 0 Å². The average molecular weight is 230 g/mol. The maximum Gasteiger partial charge on any atom is 0.256 e. The summed E-state index contributed by atoms with van der Waals surface area (Å²) in [5.41, 5.74) is 0. The van der Waals surface area contributed by atoms with Crippen molar-refractivity contribution < 1.29 is 0 Å². The third-order valence-corrected chi connectivity index (χ3v) is 3.55. The fraction of sp³-hybridized carbons (Fsp3) is 0.375. The van der Waals surface area contributed by atoms with Crippen molar-refractivity contribution in [2.75, 3.05) is 0 Å². The van der Waals surface area contributed by atoms with Crippen molar-refractivity contribution in [2.45, 2.75) is 19.9 Å². The Morgan fingerprint density at radius 1 is 1.73 bits per heavy atom. The van der Waals surface area contributed by atoms with Gasteiger partial charge in [0.05, 0.1) is 0 Å². The molecule has 0 aromatic carbocycles. The van der Waals surface area contributed by atoms with Gasteiger partial charge < -0.3 is 4.85 Å². The molecule has 0 N–H and O–H groups in total. The van der Waals surface area contributed by atoms with Crippen LogP contribution in [0.1, 0.15) is 22.7 Å². The van der Waals surface area contributed by atoms with E-state index in [-0.39, 0.29) is 6.04 Å². The summed E-state index contributed by atoms with van der Waals surface area (Å²) in [6, 6.07) is 2.05. The first-order valence-electron chi connectivity index (χ1n) is 3.27. The number of hydrogen-bond donors (Lipinski definition) is 0. The van der Waals surface area contributed by atoms with Crippen LogP contribution >= 0.6 is 27.3 Å². The largest absolute Gasteiger partial charge is 0.308 e. The topological polar surface area (TPSA) is 4.36 Å². The van der Waals surface area contributed by atoms with E-state index in [4.69, 9.17) is 6.57 Å². The van der Waals surface area contributed by atoms with Crippen LogP contribution in [-0.2, 0) is 0 Å². The van der Waals surface area contributed by atoms with Crippen molar-refractivity contribution in [1.82, 2.24) is 0 Å². The Kier molecular flexibility index (Phi) is 2.69. The molecule has 0 aliphatic carbocycles. The lowest BCUT2D eigenvalue weighted by Gasteiger charge is -1.93. The Morgan fingerprint density at radius 3 is 2.73 bits per heavy atom. The van der Waals surface area contributed by atoms with E-state index in [0.29, 0.717) is 0 Å². The summed E-state index contributed by atoms with van der Waals surface area (Å²) in [5.74, 6) is 0. The maximum absolute atomic E-state index is 6.86. The molecule has 1 heterocycles. The Hall–Kier alpha value is -0.330. The lowest BCUT2D eigenvalue weighted by molar-refractivity contribution is 0.985. The molecule has 1 nitrogen and oxygen atoms in total. The summed E-state index contributed by atoms with van der Waals surface area (Å²) < 4.78 is 1.07. The van der Waals surface area contributed by atoms with Crippen LogP contribution in [0.15, 0.2) is 10.5 Å². The van der Waals surface area contributed by atoms with Crippen LogP contribution in [0.4, 0.5) is 0 Å². The minimum absolute atomic E-state index is 0.0110. The molecule has 0 fully saturated rings. The average Bonchev–Trinajstić information content (AvgIpc) is 2.28. The fourth-order valence-corrected chi connectivity index (χ4v) is 2.82. The third-order valence-electron chi connectivity index (χ3n) is 1.41. The van der Waals surface area contributed by atoms with E-state index >= 15 is 0 Å². The highest BCUT2D eigenvalue weighted by Crippen LogP contribution is 2.33. The molecule has 0 saturated heterocycles. The molecule has 0 spiro atoms. The molecular weight excluding hydrogens is 222 g/mol. The van der Waals surface area contributed by atoms with Gasteiger partial charge in [-0.1, -0.05) is 0 Å². The quantitative estimate of drug-likeness (QED) is 0.646. The Balaban J connectivity index is 3.05. The molecule has 1 aromatic heterocycles. The molecule has 0 aliphatic rings. The van der Waals surface area contributed by atoms with Crippen LogP contribution in [0.5, 0.6) is 0 Å². The molecule has 0 aliphatic heterocycles. The van der Waals surface area contributed by atoms with Gasteiger partial charge >= 0.3 is 0 Å². The molecule has 0 radical (unpaired) electrons. The molecule has 1 aromatic rings. The number of halogens is 1. The van der Waals surface area contributed by atoms with Crippen LogP contribution in [0, 0.1) is 13.5 Å². The van der Waals surface area contributed by atoms with E-state index < -0.39 is 0 Å². The summed E-state index contributed by atoms with van der Waals surface area (Å²) >= 11 is 5.11. The van der Waals surface area contributed by atoms with Crippen molar-refractivity contribution in [3.05, 3.63) is 31.7 Å². The smallest absolute Gasteiger partial charge is 0.256 e. The zero-order valence-corrected chi connectivity index (χ0v) is 8.79. The summed E-state index contributed by atoms with van der Waals surface area (Å²) in [6.07, 6.45) is 0. The second kappa shape index (κ2) is 3.38. The number of thiophene rings is 1. The summed E-state index contributed by atoms with van der Waals surface area (Å²) in [7, 11) is 0. The molecular formula is C8H8BrNS. The van der Waals surface area contributed by atoms with E-state index in [1.807, 2.05) is 6.92 Å². The summed E-state index contributed by atoms with van der Waals surface area (Å²) in [5, 5.41) is 0. The van der Waals surface area contributed by atoms with Crippen LogP contribution in [-0.4, -0.2) is 0 Å². The zero-order chi connectivity index (χ0) is 8.43. The highest BCUT2D eigenvalue weighted by Gasteiger charge is 2.15. The van der Waals surface area contributed by atoms with Crippen LogP contribution < -0.4 is 0 Å². The minimum Gasteiger partial charge on any atom is -0.308 e. The van der Waals surface area contributed by atoms with Crippen LogP contribution in [0.2, 0.25) is 0 Å². The molecule has 11 heavy (non-hydrogen) atoms. The molecule has 58 valence electrons. The van der Waals surface area contributed by atoms with Gasteiger partial charge in [-0.2, -0.15) is 0 Å². The maximum atomic E-state index is 6.86. The van der Waals surface area contributed by atoms with Gasteiger partial charge in [0.2, 0.25) is 0 Å². The SMILES string of the molecule is [C-]#[N+]C(C)c1sc(C)cc1Br. The van der Waals surface area contributed by atoms with Gasteiger partial charge in [0, 0.05) is 16.3 Å². The lowest BCUT2D eigenvalue weighted by Crippen LogP contribution is -1.80. The van der Waals surface area contributed by atoms with E-state index in [9.17, 15) is 0 Å². The predicted molar refractivity (Wildman–Crippen MR) is 51.8 cm³/mol. The molecule has 0 saturated carbocycles. The van der Waals surface area contributed by atoms with Gasteiger partial charge in [-0.25, -0.2) is 6.57 Å². The second-order valence-electron chi connectivity index (χ2n) is 2.37. The zero-order valence-electron chi connectivity index (χ0n) is 6.39.